The molecule has 100 valence electrons. The molecule has 3 N–H and O–H groups in total. The molecule has 0 aliphatic carbocycles. The van der Waals surface area contributed by atoms with Crippen molar-refractivity contribution in [2.45, 2.75) is 33.2 Å². The molecular weight excluding hydrogens is 248 g/mol. The monoisotopic (exact) mass is 268 g/mol. The van der Waals surface area contributed by atoms with Crippen LogP contribution in [0.3, 0.4) is 0 Å². The molecule has 0 aromatic carbocycles. The SMILES string of the molecule is CC(=O)c1csc(C(=O)NC(C)(CN)C(C)C)c1. The number of nitrogens with one attached hydrogen (secondary N) is 1. The Morgan fingerprint density at radius 1 is 1.50 bits per heavy atom. The molecule has 5 heteroatoms. The van der Waals surface area contributed by atoms with Crippen LogP contribution >= 0.6 is 11.3 Å². The topological polar surface area (TPSA) is 72.2 Å². The number of amides is 1. The first kappa shape index (κ1) is 14.9. The van der Waals surface area contributed by atoms with Crippen LogP contribution in [-0.4, -0.2) is 23.8 Å². The van der Waals surface area contributed by atoms with Crippen LogP contribution in [0, 0.1) is 5.92 Å². The van der Waals surface area contributed by atoms with Crippen molar-refractivity contribution in [3.05, 3.63) is 21.9 Å². The van der Waals surface area contributed by atoms with E-state index in [2.05, 4.69) is 5.32 Å². The molecule has 18 heavy (non-hydrogen) atoms. The highest BCUT2D eigenvalue weighted by Gasteiger charge is 2.29. The molecule has 1 heterocycles. The zero-order valence-corrected chi connectivity index (χ0v) is 12.1. The van der Waals surface area contributed by atoms with Crippen molar-refractivity contribution in [1.29, 1.82) is 0 Å². The van der Waals surface area contributed by atoms with E-state index in [1.165, 1.54) is 18.3 Å². The highest BCUT2D eigenvalue weighted by molar-refractivity contribution is 7.12. The average molecular weight is 268 g/mol. The van der Waals surface area contributed by atoms with E-state index >= 15 is 0 Å². The molecular formula is C13H20N2O2S. The fourth-order valence-electron chi connectivity index (χ4n) is 1.39. The average Bonchev–Trinajstić information content (AvgIpc) is 2.77. The molecule has 1 unspecified atom stereocenters. The Labute approximate surface area is 112 Å². The Kier molecular flexibility index (Phi) is 4.65. The lowest BCUT2D eigenvalue weighted by Crippen LogP contribution is -2.54. The van der Waals surface area contributed by atoms with Gasteiger partial charge in [0.2, 0.25) is 0 Å². The van der Waals surface area contributed by atoms with E-state index in [1.54, 1.807) is 11.4 Å². The van der Waals surface area contributed by atoms with Gasteiger partial charge in [-0.1, -0.05) is 13.8 Å². The van der Waals surface area contributed by atoms with Gasteiger partial charge in [-0.05, 0) is 25.8 Å². The van der Waals surface area contributed by atoms with Crippen LogP contribution in [0.15, 0.2) is 11.4 Å². The first-order chi connectivity index (χ1) is 8.30. The van der Waals surface area contributed by atoms with Gasteiger partial charge in [-0.3, -0.25) is 9.59 Å². The van der Waals surface area contributed by atoms with Crippen molar-refractivity contribution >= 4 is 23.0 Å². The number of Topliss-reactive ketones (excluding diaryl/α,β-unsaturated/α-hetero) is 1. The third-order valence-corrected chi connectivity index (χ3v) is 4.26. The Morgan fingerprint density at radius 2 is 2.11 bits per heavy atom. The molecule has 0 aliphatic heterocycles. The third kappa shape index (κ3) is 3.17. The molecule has 1 aromatic rings. The molecule has 1 amide bonds. The maximum absolute atomic E-state index is 12.1. The minimum Gasteiger partial charge on any atom is -0.345 e. The van der Waals surface area contributed by atoms with Crippen molar-refractivity contribution in [2.24, 2.45) is 11.7 Å². The first-order valence-corrected chi connectivity index (χ1v) is 6.80. The predicted molar refractivity (Wildman–Crippen MR) is 74.1 cm³/mol. The summed E-state index contributed by atoms with van der Waals surface area (Å²) >= 11 is 1.28. The van der Waals surface area contributed by atoms with Crippen molar-refractivity contribution < 1.29 is 9.59 Å². The molecule has 0 aliphatic rings. The van der Waals surface area contributed by atoms with E-state index < -0.39 is 5.54 Å². The molecule has 4 nitrogen and oxygen atoms in total. The number of carbonyl (C=O) groups excluding carboxylic acids is 2. The number of carbonyl (C=O) groups is 2. The van der Waals surface area contributed by atoms with Gasteiger partial charge in [0.1, 0.15) is 0 Å². The zero-order valence-electron chi connectivity index (χ0n) is 11.2. The van der Waals surface area contributed by atoms with Crippen molar-refractivity contribution in [3.63, 3.8) is 0 Å². The summed E-state index contributed by atoms with van der Waals surface area (Å²) in [6, 6.07) is 1.62. The van der Waals surface area contributed by atoms with E-state index in [-0.39, 0.29) is 17.6 Å². The van der Waals surface area contributed by atoms with Crippen LogP contribution in [0.2, 0.25) is 0 Å². The van der Waals surface area contributed by atoms with Crippen LogP contribution < -0.4 is 11.1 Å². The van der Waals surface area contributed by atoms with Gasteiger partial charge >= 0.3 is 0 Å². The molecule has 0 spiro atoms. The number of hydrogen-bond acceptors (Lipinski definition) is 4. The van der Waals surface area contributed by atoms with Gasteiger partial charge in [0.05, 0.1) is 10.4 Å². The normalized spacial score (nSPS) is 14.3. The summed E-state index contributed by atoms with van der Waals surface area (Å²) < 4.78 is 0. The summed E-state index contributed by atoms with van der Waals surface area (Å²) in [6.07, 6.45) is 0. The molecule has 1 aromatic heterocycles. The highest BCUT2D eigenvalue weighted by Crippen LogP contribution is 2.19. The zero-order chi connectivity index (χ0) is 13.9. The standard InChI is InChI=1S/C13H20N2O2S/c1-8(2)13(4,7-14)15-12(17)11-5-10(6-18-11)9(3)16/h5-6,8H,7,14H2,1-4H3,(H,15,17). The lowest BCUT2D eigenvalue weighted by molar-refractivity contribution is 0.0887. The second-order valence-electron chi connectivity index (χ2n) is 4.99. The van der Waals surface area contributed by atoms with Gasteiger partial charge < -0.3 is 11.1 Å². The summed E-state index contributed by atoms with van der Waals surface area (Å²) in [5.74, 6) is 0.0311. The first-order valence-electron chi connectivity index (χ1n) is 5.92. The minimum atomic E-state index is -0.433. The van der Waals surface area contributed by atoms with E-state index in [4.69, 9.17) is 5.73 Å². The van der Waals surface area contributed by atoms with Crippen LogP contribution in [0.5, 0.6) is 0 Å². The number of nitrogens with two attached hydrogens (primary N) is 1. The molecule has 0 radical (unpaired) electrons. The molecule has 0 saturated carbocycles. The lowest BCUT2D eigenvalue weighted by Gasteiger charge is -2.33. The van der Waals surface area contributed by atoms with Crippen LogP contribution in [0.1, 0.15) is 47.7 Å². The fraction of sp³-hybridized carbons (Fsp3) is 0.538. The van der Waals surface area contributed by atoms with E-state index in [1.807, 2.05) is 20.8 Å². The lowest BCUT2D eigenvalue weighted by atomic mass is 9.88. The summed E-state index contributed by atoms with van der Waals surface area (Å²) in [5, 5.41) is 4.65. The Bertz CT molecular complexity index is 454. The maximum atomic E-state index is 12.1. The quantitative estimate of drug-likeness (QED) is 0.803. The van der Waals surface area contributed by atoms with Crippen LogP contribution in [0.25, 0.3) is 0 Å². The largest absolute Gasteiger partial charge is 0.345 e. The fourth-order valence-corrected chi connectivity index (χ4v) is 2.23. The van der Waals surface area contributed by atoms with Gasteiger partial charge in [-0.25, -0.2) is 0 Å². The van der Waals surface area contributed by atoms with Crippen molar-refractivity contribution in [2.75, 3.05) is 6.54 Å². The minimum absolute atomic E-state index is 0.0317. The van der Waals surface area contributed by atoms with E-state index in [9.17, 15) is 9.59 Å². The van der Waals surface area contributed by atoms with Crippen molar-refractivity contribution in [1.82, 2.24) is 5.32 Å². The highest BCUT2D eigenvalue weighted by atomic mass is 32.1. The smallest absolute Gasteiger partial charge is 0.261 e. The second-order valence-corrected chi connectivity index (χ2v) is 5.90. The van der Waals surface area contributed by atoms with Gasteiger partial charge in [0, 0.05) is 17.5 Å². The molecule has 0 fully saturated rings. The number of thiophene rings is 1. The second kappa shape index (κ2) is 5.63. The summed E-state index contributed by atoms with van der Waals surface area (Å²) in [7, 11) is 0. The predicted octanol–water partition coefficient (Wildman–Crippen LogP) is 2.05. The Morgan fingerprint density at radius 3 is 2.50 bits per heavy atom. The van der Waals surface area contributed by atoms with Crippen LogP contribution in [-0.2, 0) is 0 Å². The van der Waals surface area contributed by atoms with E-state index in [0.717, 1.165) is 0 Å². The molecule has 0 saturated heterocycles. The molecule has 1 atom stereocenters. The third-order valence-electron chi connectivity index (χ3n) is 3.33. The van der Waals surface area contributed by atoms with Crippen molar-refractivity contribution in [3.8, 4) is 0 Å². The summed E-state index contributed by atoms with van der Waals surface area (Å²) in [5.41, 5.74) is 5.86. The molecule has 1 rings (SSSR count). The Balaban J connectivity index is 2.84. The summed E-state index contributed by atoms with van der Waals surface area (Å²) in [4.78, 5) is 23.8. The number of ketones is 1. The molecule has 0 bridgehead atoms. The Hall–Kier alpha value is -1.20. The van der Waals surface area contributed by atoms with Gasteiger partial charge in [0.15, 0.2) is 5.78 Å². The number of hydrogen-bond donors (Lipinski definition) is 2. The number of rotatable bonds is 5. The van der Waals surface area contributed by atoms with E-state index in [0.29, 0.717) is 17.0 Å². The van der Waals surface area contributed by atoms with Crippen LogP contribution in [0.4, 0.5) is 0 Å². The van der Waals surface area contributed by atoms with Gasteiger partial charge in [-0.15, -0.1) is 11.3 Å². The summed E-state index contributed by atoms with van der Waals surface area (Å²) in [6.45, 7) is 7.82. The van der Waals surface area contributed by atoms with Gasteiger partial charge in [-0.2, -0.15) is 0 Å². The maximum Gasteiger partial charge on any atom is 0.261 e. The van der Waals surface area contributed by atoms with Gasteiger partial charge in [0.25, 0.3) is 5.91 Å².